The molecule has 1 atom stereocenters. The normalized spacial score (nSPS) is 16.5. The van der Waals surface area contributed by atoms with Crippen LogP contribution in [0.2, 0.25) is 5.15 Å². The van der Waals surface area contributed by atoms with Crippen LogP contribution in [0.5, 0.6) is 0 Å². The van der Waals surface area contributed by atoms with Crippen LogP contribution in [0.25, 0.3) is 5.65 Å². The van der Waals surface area contributed by atoms with Crippen LogP contribution in [0.4, 0.5) is 20.3 Å². The predicted octanol–water partition coefficient (Wildman–Crippen LogP) is 4.92. The molecule has 0 bridgehead atoms. The molecule has 0 aliphatic carbocycles. The Morgan fingerprint density at radius 3 is 2.62 bits per heavy atom. The van der Waals surface area contributed by atoms with Crippen molar-refractivity contribution >= 4 is 50.7 Å². The van der Waals surface area contributed by atoms with Gasteiger partial charge in [-0.2, -0.15) is 0 Å². The Bertz CT molecular complexity index is 1340. The summed E-state index contributed by atoms with van der Waals surface area (Å²) in [6, 6.07) is 4.35. The summed E-state index contributed by atoms with van der Waals surface area (Å²) in [7, 11) is 0. The number of nitrogens with zero attached hydrogens (tertiary/aromatic N) is 4. The summed E-state index contributed by atoms with van der Waals surface area (Å²) < 4.78 is 28.9. The van der Waals surface area contributed by atoms with Crippen LogP contribution in [-0.4, -0.2) is 44.5 Å². The van der Waals surface area contributed by atoms with Crippen molar-refractivity contribution in [3.05, 3.63) is 61.2 Å². The molecule has 34 heavy (non-hydrogen) atoms. The number of aromatic nitrogens is 3. The fourth-order valence-corrected chi connectivity index (χ4v) is 4.65. The van der Waals surface area contributed by atoms with E-state index in [9.17, 15) is 23.5 Å². The molecule has 1 fully saturated rings. The van der Waals surface area contributed by atoms with Crippen molar-refractivity contribution in [2.75, 3.05) is 23.3 Å². The van der Waals surface area contributed by atoms with Gasteiger partial charge in [-0.1, -0.05) is 11.6 Å². The van der Waals surface area contributed by atoms with E-state index >= 15 is 0 Å². The highest BCUT2D eigenvalue weighted by Gasteiger charge is 2.35. The lowest BCUT2D eigenvalue weighted by Gasteiger charge is -2.33. The Balaban J connectivity index is 1.79. The number of aryl methyl sites for hydroxylation is 1. The second-order valence-corrected chi connectivity index (χ2v) is 9.45. The Labute approximate surface area is 206 Å². The fraction of sp³-hybridized carbons (Fsp3) is 0.364. The number of fused-ring (bicyclic) bond motifs is 1. The van der Waals surface area contributed by atoms with Crippen LogP contribution < -0.4 is 15.8 Å². The van der Waals surface area contributed by atoms with Crippen molar-refractivity contribution in [3.8, 4) is 0 Å². The second kappa shape index (κ2) is 9.10. The monoisotopic (exact) mass is 555 g/mol. The molecule has 1 aliphatic heterocycles. The van der Waals surface area contributed by atoms with E-state index in [2.05, 4.69) is 31.2 Å². The lowest BCUT2D eigenvalue weighted by atomic mass is 10.1. The zero-order valence-corrected chi connectivity index (χ0v) is 20.6. The minimum atomic E-state index is -2.73. The van der Waals surface area contributed by atoms with Gasteiger partial charge in [-0.05, 0) is 53.5 Å². The first-order valence-electron chi connectivity index (χ1n) is 10.5. The van der Waals surface area contributed by atoms with Crippen LogP contribution in [0.1, 0.15) is 47.4 Å². The molecule has 3 aromatic heterocycles. The third-order valence-electron chi connectivity index (χ3n) is 5.71. The van der Waals surface area contributed by atoms with Crippen molar-refractivity contribution in [1.29, 1.82) is 0 Å². The third-order valence-corrected chi connectivity index (χ3v) is 6.62. The number of carboxylic acid groups (broad SMARTS) is 1. The van der Waals surface area contributed by atoms with Crippen molar-refractivity contribution in [3.63, 3.8) is 0 Å². The molecule has 0 saturated carbocycles. The van der Waals surface area contributed by atoms with Gasteiger partial charge in [0.25, 0.3) is 11.5 Å². The molecule has 0 amide bonds. The van der Waals surface area contributed by atoms with E-state index in [-0.39, 0.29) is 52.5 Å². The largest absolute Gasteiger partial charge is 0.476 e. The van der Waals surface area contributed by atoms with Gasteiger partial charge in [0.1, 0.15) is 15.3 Å². The molecule has 8 nitrogen and oxygen atoms in total. The number of hydrogen-bond donors (Lipinski definition) is 2. The molecule has 0 aromatic carbocycles. The highest BCUT2D eigenvalue weighted by Crippen LogP contribution is 2.33. The van der Waals surface area contributed by atoms with Gasteiger partial charge >= 0.3 is 5.97 Å². The van der Waals surface area contributed by atoms with Crippen molar-refractivity contribution < 1.29 is 18.7 Å². The summed E-state index contributed by atoms with van der Waals surface area (Å²) in [5, 5.41) is 12.7. The third kappa shape index (κ3) is 4.72. The van der Waals surface area contributed by atoms with Gasteiger partial charge in [-0.25, -0.2) is 23.5 Å². The summed E-state index contributed by atoms with van der Waals surface area (Å²) >= 11 is 9.16. The lowest BCUT2D eigenvalue weighted by molar-refractivity contribution is -0.0221. The Kier molecular flexibility index (Phi) is 6.52. The lowest BCUT2D eigenvalue weighted by Crippen LogP contribution is -2.40. The summed E-state index contributed by atoms with van der Waals surface area (Å²) in [6.45, 7) is 3.76. The number of anilines is 2. The summed E-state index contributed by atoms with van der Waals surface area (Å²) in [6.07, 6.45) is 1.01. The Morgan fingerprint density at radius 1 is 1.29 bits per heavy atom. The number of hydrogen-bond acceptors (Lipinski definition) is 6. The maximum atomic E-state index is 13.7. The second-order valence-electron chi connectivity index (χ2n) is 8.27. The van der Waals surface area contributed by atoms with Crippen molar-refractivity contribution in [2.45, 2.75) is 38.7 Å². The van der Waals surface area contributed by atoms with Gasteiger partial charge in [-0.15, -0.1) is 0 Å². The predicted molar refractivity (Wildman–Crippen MR) is 129 cm³/mol. The molecule has 1 saturated heterocycles. The molecule has 0 spiro atoms. The van der Waals surface area contributed by atoms with E-state index in [1.165, 1.54) is 16.5 Å². The molecule has 0 radical (unpaired) electrons. The number of aromatic carboxylic acids is 1. The molecular weight excluding hydrogens is 536 g/mol. The van der Waals surface area contributed by atoms with E-state index in [0.29, 0.717) is 17.0 Å². The standard InChI is InChI=1S/C22H21BrClF2N5O3/c1-11-9-13(12(2)27-14-3-4-15(24)28-17(14)21(33)34)18-29-19(16(23)20(32)31(18)10-11)30-7-5-22(25,26)6-8-30/h3-4,9-10,12,27H,5-8H2,1-2H3,(H,33,34)/t12-/m1/s1. The van der Waals surface area contributed by atoms with Crippen LogP contribution in [0, 0.1) is 6.92 Å². The van der Waals surface area contributed by atoms with Crippen molar-refractivity contribution in [1.82, 2.24) is 14.4 Å². The first kappa shape index (κ1) is 24.3. The smallest absolute Gasteiger partial charge is 0.356 e. The molecule has 180 valence electrons. The number of rotatable bonds is 5. The van der Waals surface area contributed by atoms with E-state index < -0.39 is 17.9 Å². The number of pyridine rings is 2. The molecule has 4 rings (SSSR count). The van der Waals surface area contributed by atoms with Gasteiger partial charge in [0.2, 0.25) is 0 Å². The number of carboxylic acids is 1. The SMILES string of the molecule is Cc1cc([C@@H](C)Nc2ccc(Cl)nc2C(=O)O)c2nc(N3CCC(F)(F)CC3)c(Br)c(=O)n2c1. The zero-order chi connectivity index (χ0) is 24.8. The molecular formula is C22H21BrClF2N5O3. The summed E-state index contributed by atoms with van der Waals surface area (Å²) in [5.41, 5.74) is 1.39. The Hall–Kier alpha value is -2.79. The van der Waals surface area contributed by atoms with Crippen LogP contribution in [0.3, 0.4) is 0 Å². The average molecular weight is 557 g/mol. The van der Waals surface area contributed by atoms with Gasteiger partial charge in [0.05, 0.1) is 11.7 Å². The molecule has 0 unspecified atom stereocenters. The zero-order valence-electron chi connectivity index (χ0n) is 18.3. The van der Waals surface area contributed by atoms with E-state index in [0.717, 1.165) is 5.56 Å². The van der Waals surface area contributed by atoms with Gasteiger partial charge in [0.15, 0.2) is 11.5 Å². The van der Waals surface area contributed by atoms with Crippen molar-refractivity contribution in [2.24, 2.45) is 0 Å². The maximum Gasteiger partial charge on any atom is 0.356 e. The first-order valence-corrected chi connectivity index (χ1v) is 11.7. The number of halogens is 4. The topological polar surface area (TPSA) is 99.8 Å². The fourth-order valence-electron chi connectivity index (χ4n) is 3.97. The van der Waals surface area contributed by atoms with Gasteiger partial charge < -0.3 is 15.3 Å². The number of alkyl halides is 2. The molecule has 2 N–H and O–H groups in total. The highest BCUT2D eigenvalue weighted by atomic mass is 79.9. The van der Waals surface area contributed by atoms with Crippen LogP contribution >= 0.6 is 27.5 Å². The van der Waals surface area contributed by atoms with E-state index in [1.807, 2.05) is 13.0 Å². The average Bonchev–Trinajstić information content (AvgIpc) is 2.77. The highest BCUT2D eigenvalue weighted by molar-refractivity contribution is 9.10. The molecule has 1 aliphatic rings. The minimum absolute atomic E-state index is 0.0476. The number of nitrogens with one attached hydrogen (secondary N) is 1. The molecule has 3 aromatic rings. The quantitative estimate of drug-likeness (QED) is 0.430. The molecule has 12 heteroatoms. The first-order chi connectivity index (χ1) is 16.0. The summed E-state index contributed by atoms with van der Waals surface area (Å²) in [5.74, 6) is -3.67. The maximum absolute atomic E-state index is 13.7. The summed E-state index contributed by atoms with van der Waals surface area (Å²) in [4.78, 5) is 35.0. The van der Waals surface area contributed by atoms with Gasteiger partial charge in [-0.3, -0.25) is 9.20 Å². The van der Waals surface area contributed by atoms with E-state index in [1.54, 1.807) is 18.0 Å². The number of piperidine rings is 1. The van der Waals surface area contributed by atoms with E-state index in [4.69, 9.17) is 11.6 Å². The number of carbonyl (C=O) groups is 1. The van der Waals surface area contributed by atoms with Crippen LogP contribution in [0.15, 0.2) is 33.7 Å². The Morgan fingerprint density at radius 2 is 1.97 bits per heavy atom. The minimum Gasteiger partial charge on any atom is -0.476 e. The van der Waals surface area contributed by atoms with Gasteiger partial charge in [0, 0.05) is 37.7 Å². The molecule has 4 heterocycles. The van der Waals surface area contributed by atoms with Crippen LogP contribution in [-0.2, 0) is 0 Å².